The molecule has 1 aromatic rings. The number of nitrogens with one attached hydrogen (secondary N) is 1. The van der Waals surface area contributed by atoms with Gasteiger partial charge in [-0.15, -0.1) is 0 Å². The number of rotatable bonds is 6. The lowest BCUT2D eigenvalue weighted by atomic mass is 10.2. The van der Waals surface area contributed by atoms with Crippen LogP contribution in [0.1, 0.15) is 26.3 Å². The summed E-state index contributed by atoms with van der Waals surface area (Å²) < 4.78 is 5.50. The van der Waals surface area contributed by atoms with Crippen LogP contribution in [0.5, 0.6) is 0 Å². The molecule has 17 heavy (non-hydrogen) atoms. The minimum atomic E-state index is -0.460. The molecule has 0 saturated carbocycles. The molecule has 0 aliphatic rings. The van der Waals surface area contributed by atoms with E-state index in [9.17, 15) is 5.11 Å². The number of aliphatic hydroxyl groups is 1. The first-order valence-corrected chi connectivity index (χ1v) is 6.04. The van der Waals surface area contributed by atoms with Gasteiger partial charge in [0.1, 0.15) is 0 Å². The lowest BCUT2D eigenvalue weighted by molar-refractivity contribution is -0.0479. The van der Waals surface area contributed by atoms with Gasteiger partial charge in [-0.25, -0.2) is 0 Å². The van der Waals surface area contributed by atoms with Gasteiger partial charge in [-0.05, 0) is 26.3 Å². The Labute approximate surface area is 104 Å². The maximum atomic E-state index is 9.70. The Kier molecular flexibility index (Phi) is 5.62. The molecule has 1 rings (SSSR count). The summed E-state index contributed by atoms with van der Waals surface area (Å²) in [5, 5.41) is 12.9. The minimum absolute atomic E-state index is 0.194. The van der Waals surface area contributed by atoms with Crippen LogP contribution < -0.4 is 5.32 Å². The normalized spacial score (nSPS) is 13.6. The molecule has 0 saturated heterocycles. The average molecular weight is 237 g/mol. The molecule has 0 amide bonds. The van der Waals surface area contributed by atoms with Crippen LogP contribution in [-0.4, -0.2) is 30.0 Å². The Morgan fingerprint density at radius 2 is 1.88 bits per heavy atom. The van der Waals surface area contributed by atoms with E-state index in [4.69, 9.17) is 4.74 Å². The predicted molar refractivity (Wildman–Crippen MR) is 69.9 cm³/mol. The monoisotopic (exact) mass is 237 g/mol. The van der Waals surface area contributed by atoms with Gasteiger partial charge in [-0.1, -0.05) is 30.3 Å². The van der Waals surface area contributed by atoms with E-state index in [0.29, 0.717) is 13.2 Å². The van der Waals surface area contributed by atoms with Crippen molar-refractivity contribution in [1.29, 1.82) is 0 Å². The zero-order chi connectivity index (χ0) is 12.7. The molecule has 3 heteroatoms. The fourth-order valence-electron chi connectivity index (χ4n) is 1.38. The molecule has 0 aliphatic carbocycles. The van der Waals surface area contributed by atoms with Gasteiger partial charge in [0.15, 0.2) is 0 Å². The first-order valence-electron chi connectivity index (χ1n) is 6.04. The van der Waals surface area contributed by atoms with Crippen LogP contribution in [0.15, 0.2) is 30.3 Å². The third kappa shape index (κ3) is 7.10. The summed E-state index contributed by atoms with van der Waals surface area (Å²) in [5.74, 6) is 0. The molecule has 0 aromatic heterocycles. The topological polar surface area (TPSA) is 41.5 Å². The van der Waals surface area contributed by atoms with Gasteiger partial charge >= 0.3 is 0 Å². The van der Waals surface area contributed by atoms with E-state index in [1.165, 1.54) is 5.56 Å². The van der Waals surface area contributed by atoms with Crippen LogP contribution in [0.25, 0.3) is 0 Å². The summed E-state index contributed by atoms with van der Waals surface area (Å²) in [6, 6.07) is 10.1. The van der Waals surface area contributed by atoms with E-state index < -0.39 is 6.10 Å². The molecule has 1 unspecified atom stereocenters. The van der Waals surface area contributed by atoms with Gasteiger partial charge in [0.05, 0.1) is 18.3 Å². The fraction of sp³-hybridized carbons (Fsp3) is 0.571. The van der Waals surface area contributed by atoms with Crippen molar-refractivity contribution in [2.24, 2.45) is 0 Å². The van der Waals surface area contributed by atoms with Crippen molar-refractivity contribution in [2.45, 2.75) is 39.0 Å². The third-order valence-electron chi connectivity index (χ3n) is 2.26. The number of ether oxygens (including phenoxy) is 1. The number of hydrogen-bond acceptors (Lipinski definition) is 3. The maximum absolute atomic E-state index is 9.70. The van der Waals surface area contributed by atoms with Gasteiger partial charge < -0.3 is 15.2 Å². The molecule has 0 spiro atoms. The Morgan fingerprint density at radius 3 is 2.47 bits per heavy atom. The second-order valence-corrected chi connectivity index (χ2v) is 5.19. The van der Waals surface area contributed by atoms with Crippen molar-refractivity contribution >= 4 is 0 Å². The molecule has 0 fully saturated rings. The quantitative estimate of drug-likeness (QED) is 0.794. The Balaban J connectivity index is 2.14. The van der Waals surface area contributed by atoms with E-state index in [-0.39, 0.29) is 5.60 Å². The maximum Gasteiger partial charge on any atom is 0.0898 e. The largest absolute Gasteiger partial charge is 0.389 e. The summed E-state index contributed by atoms with van der Waals surface area (Å²) in [5.41, 5.74) is 1.02. The van der Waals surface area contributed by atoms with Crippen molar-refractivity contribution in [3.05, 3.63) is 35.9 Å². The summed E-state index contributed by atoms with van der Waals surface area (Å²) in [4.78, 5) is 0. The minimum Gasteiger partial charge on any atom is -0.389 e. The van der Waals surface area contributed by atoms with E-state index in [0.717, 1.165) is 6.54 Å². The SMILES string of the molecule is CC(C)(C)OCC(O)CNCc1ccccc1. The van der Waals surface area contributed by atoms with Crippen molar-refractivity contribution in [3.8, 4) is 0 Å². The summed E-state index contributed by atoms with van der Waals surface area (Å²) in [6.45, 7) is 7.63. The van der Waals surface area contributed by atoms with Crippen LogP contribution in [0, 0.1) is 0 Å². The van der Waals surface area contributed by atoms with Gasteiger partial charge in [-0.2, -0.15) is 0 Å². The highest BCUT2D eigenvalue weighted by molar-refractivity contribution is 5.14. The summed E-state index contributed by atoms with van der Waals surface area (Å²) >= 11 is 0. The van der Waals surface area contributed by atoms with Crippen LogP contribution in [-0.2, 0) is 11.3 Å². The van der Waals surface area contributed by atoms with Gasteiger partial charge in [0.25, 0.3) is 0 Å². The number of benzene rings is 1. The molecule has 0 radical (unpaired) electrons. The highest BCUT2D eigenvalue weighted by Crippen LogP contribution is 2.06. The first kappa shape index (κ1) is 14.2. The van der Waals surface area contributed by atoms with Crippen LogP contribution in [0.4, 0.5) is 0 Å². The molecule has 96 valence electrons. The van der Waals surface area contributed by atoms with Crippen LogP contribution >= 0.6 is 0 Å². The molecular weight excluding hydrogens is 214 g/mol. The van der Waals surface area contributed by atoms with Crippen molar-refractivity contribution in [1.82, 2.24) is 5.32 Å². The second kappa shape index (κ2) is 6.74. The average Bonchev–Trinajstić information content (AvgIpc) is 2.27. The lowest BCUT2D eigenvalue weighted by Crippen LogP contribution is -2.33. The van der Waals surface area contributed by atoms with Gasteiger partial charge in [0.2, 0.25) is 0 Å². The second-order valence-electron chi connectivity index (χ2n) is 5.19. The van der Waals surface area contributed by atoms with Crippen molar-refractivity contribution in [3.63, 3.8) is 0 Å². The third-order valence-corrected chi connectivity index (χ3v) is 2.26. The van der Waals surface area contributed by atoms with Gasteiger partial charge in [-0.3, -0.25) is 0 Å². The van der Waals surface area contributed by atoms with Crippen molar-refractivity contribution < 1.29 is 9.84 Å². The van der Waals surface area contributed by atoms with E-state index >= 15 is 0 Å². The van der Waals surface area contributed by atoms with E-state index in [1.807, 2.05) is 39.0 Å². The number of aliphatic hydroxyl groups excluding tert-OH is 1. The first-order chi connectivity index (χ1) is 7.97. The summed E-state index contributed by atoms with van der Waals surface area (Å²) in [7, 11) is 0. The molecule has 0 aliphatic heterocycles. The Hall–Kier alpha value is -0.900. The molecule has 1 atom stereocenters. The molecule has 0 bridgehead atoms. The molecule has 3 nitrogen and oxygen atoms in total. The van der Waals surface area contributed by atoms with Crippen molar-refractivity contribution in [2.75, 3.05) is 13.2 Å². The molecule has 0 heterocycles. The zero-order valence-electron chi connectivity index (χ0n) is 10.9. The Bertz CT molecular complexity index is 306. The Morgan fingerprint density at radius 1 is 1.24 bits per heavy atom. The fourth-order valence-corrected chi connectivity index (χ4v) is 1.38. The summed E-state index contributed by atoms with van der Waals surface area (Å²) in [6.07, 6.45) is -0.460. The van der Waals surface area contributed by atoms with E-state index in [2.05, 4.69) is 17.4 Å². The molecule has 1 aromatic carbocycles. The van der Waals surface area contributed by atoms with Gasteiger partial charge in [0, 0.05) is 13.1 Å². The highest BCUT2D eigenvalue weighted by atomic mass is 16.5. The van der Waals surface area contributed by atoms with E-state index in [1.54, 1.807) is 0 Å². The molecular formula is C14H23NO2. The zero-order valence-corrected chi connectivity index (χ0v) is 10.9. The van der Waals surface area contributed by atoms with Crippen LogP contribution in [0.2, 0.25) is 0 Å². The van der Waals surface area contributed by atoms with Crippen LogP contribution in [0.3, 0.4) is 0 Å². The highest BCUT2D eigenvalue weighted by Gasteiger charge is 2.13. The lowest BCUT2D eigenvalue weighted by Gasteiger charge is -2.22. The standard InChI is InChI=1S/C14H23NO2/c1-14(2,3)17-11-13(16)10-15-9-12-7-5-4-6-8-12/h4-8,13,15-16H,9-11H2,1-3H3. The molecule has 2 N–H and O–H groups in total. The smallest absolute Gasteiger partial charge is 0.0898 e. The number of hydrogen-bond donors (Lipinski definition) is 2. The predicted octanol–water partition coefficient (Wildman–Crippen LogP) is 1.95.